The predicted octanol–water partition coefficient (Wildman–Crippen LogP) is 1.40. The number of benzene rings is 1. The molecule has 0 aromatic heterocycles. The van der Waals surface area contributed by atoms with Gasteiger partial charge < -0.3 is 15.6 Å². The average Bonchev–Trinajstić information content (AvgIpc) is 3.34. The topological polar surface area (TPSA) is 75.8 Å². The zero-order valence-electron chi connectivity index (χ0n) is 14.5. The van der Waals surface area contributed by atoms with Crippen molar-refractivity contribution in [2.45, 2.75) is 68.2 Å². The van der Waals surface area contributed by atoms with Crippen molar-refractivity contribution >= 4 is 11.5 Å². The molecule has 6 rings (SSSR count). The summed E-state index contributed by atoms with van der Waals surface area (Å²) in [5.41, 5.74) is 7.61. The van der Waals surface area contributed by atoms with Gasteiger partial charge in [-0.15, -0.1) is 0 Å². The third kappa shape index (κ3) is 1.37. The molecule has 2 aliphatic heterocycles. The van der Waals surface area contributed by atoms with E-state index in [1.807, 2.05) is 13.0 Å². The van der Waals surface area contributed by atoms with Gasteiger partial charge in [-0.25, -0.2) is 0 Å². The summed E-state index contributed by atoms with van der Waals surface area (Å²) in [4.78, 5) is 15.2. The minimum absolute atomic E-state index is 0.0784. The van der Waals surface area contributed by atoms with Crippen LogP contribution in [0.4, 0.5) is 5.69 Å². The third-order valence-corrected chi connectivity index (χ3v) is 7.67. The van der Waals surface area contributed by atoms with Crippen molar-refractivity contribution in [3.05, 3.63) is 23.3 Å². The number of hydrogen-bond acceptors (Lipinski definition) is 5. The highest BCUT2D eigenvalue weighted by Gasteiger charge is 2.85. The van der Waals surface area contributed by atoms with Gasteiger partial charge in [0.1, 0.15) is 11.4 Å². The average molecular weight is 340 g/mol. The van der Waals surface area contributed by atoms with E-state index < -0.39 is 17.1 Å². The number of ether oxygens (including phenoxy) is 1. The van der Waals surface area contributed by atoms with Crippen LogP contribution in [0, 0.1) is 5.92 Å². The van der Waals surface area contributed by atoms with E-state index in [2.05, 4.69) is 11.0 Å². The van der Waals surface area contributed by atoms with Crippen molar-refractivity contribution < 1.29 is 14.6 Å². The fourth-order valence-corrected chi connectivity index (χ4v) is 6.32. The Morgan fingerprint density at radius 3 is 2.92 bits per heavy atom. The smallest absolute Gasteiger partial charge is 0.174 e. The maximum absolute atomic E-state index is 12.7. The number of nitrogen functional groups attached to an aromatic ring is 1. The first-order valence-corrected chi connectivity index (χ1v) is 9.61. The summed E-state index contributed by atoms with van der Waals surface area (Å²) in [6.45, 7) is 2.97. The predicted molar refractivity (Wildman–Crippen MR) is 92.5 cm³/mol. The summed E-state index contributed by atoms with van der Waals surface area (Å²) in [5.74, 6) is 1.54. The van der Waals surface area contributed by atoms with Gasteiger partial charge in [-0.1, -0.05) is 13.0 Å². The van der Waals surface area contributed by atoms with Crippen LogP contribution in [0.5, 0.6) is 5.75 Å². The quantitative estimate of drug-likeness (QED) is 0.811. The highest BCUT2D eigenvalue weighted by molar-refractivity contribution is 5.89. The van der Waals surface area contributed by atoms with Crippen molar-refractivity contribution in [2.75, 3.05) is 12.3 Å². The molecule has 1 saturated heterocycles. The lowest BCUT2D eigenvalue weighted by Gasteiger charge is -2.78. The van der Waals surface area contributed by atoms with E-state index in [0.717, 1.165) is 30.9 Å². The molecule has 5 heteroatoms. The zero-order chi connectivity index (χ0) is 17.1. The number of likely N-dealkylation sites (tertiary alicyclic amines) is 1. The van der Waals surface area contributed by atoms with Gasteiger partial charge in [-0.05, 0) is 43.2 Å². The van der Waals surface area contributed by atoms with Gasteiger partial charge in [0.2, 0.25) is 0 Å². The Bertz CT molecular complexity index is 819. The van der Waals surface area contributed by atoms with Crippen LogP contribution in [0.25, 0.3) is 0 Å². The number of Topliss-reactive ketones (excluding diaryl/α,β-unsaturated/α-hetero) is 1. The Morgan fingerprint density at radius 2 is 2.20 bits per heavy atom. The second-order valence-corrected chi connectivity index (χ2v) is 8.71. The van der Waals surface area contributed by atoms with Crippen LogP contribution in [-0.2, 0) is 16.6 Å². The lowest BCUT2D eigenvalue weighted by molar-refractivity contribution is -0.321. The molecule has 2 heterocycles. The Kier molecular flexibility index (Phi) is 2.45. The van der Waals surface area contributed by atoms with Crippen LogP contribution in [0.1, 0.15) is 43.7 Å². The van der Waals surface area contributed by atoms with Crippen molar-refractivity contribution in [3.63, 3.8) is 0 Å². The number of carbonyl (C=O) groups excluding carboxylic acids is 1. The lowest BCUT2D eigenvalue weighted by Crippen LogP contribution is -2.94. The van der Waals surface area contributed by atoms with Crippen LogP contribution in [0.2, 0.25) is 0 Å². The molecule has 5 atom stereocenters. The zero-order valence-corrected chi connectivity index (χ0v) is 14.5. The molecule has 1 spiro atoms. The molecule has 5 aliphatic rings. The van der Waals surface area contributed by atoms with E-state index in [4.69, 9.17) is 10.5 Å². The molecule has 3 aliphatic carbocycles. The van der Waals surface area contributed by atoms with E-state index in [0.29, 0.717) is 17.9 Å². The molecule has 3 N–H and O–H groups in total. The van der Waals surface area contributed by atoms with Gasteiger partial charge in [0.25, 0.3) is 0 Å². The van der Waals surface area contributed by atoms with Gasteiger partial charge in [0.15, 0.2) is 11.9 Å². The second kappa shape index (κ2) is 4.21. The number of nitrogens with zero attached hydrogens (tertiary/aromatic N) is 1. The fourth-order valence-electron chi connectivity index (χ4n) is 6.32. The number of carbonyl (C=O) groups is 1. The number of piperidine rings is 1. The third-order valence-electron chi connectivity index (χ3n) is 7.67. The van der Waals surface area contributed by atoms with Gasteiger partial charge >= 0.3 is 0 Å². The lowest BCUT2D eigenvalue weighted by atomic mass is 9.38. The molecule has 25 heavy (non-hydrogen) atoms. The molecular weight excluding hydrogens is 316 g/mol. The number of hydrogen-bond donors (Lipinski definition) is 2. The summed E-state index contributed by atoms with van der Waals surface area (Å²) >= 11 is 0. The summed E-state index contributed by atoms with van der Waals surface area (Å²) in [6, 6.07) is 4.27. The highest BCUT2D eigenvalue weighted by atomic mass is 16.5. The molecular formula is C20H24N2O3. The largest absolute Gasteiger partial charge is 0.479 e. The maximum Gasteiger partial charge on any atom is 0.174 e. The maximum atomic E-state index is 12.7. The number of nitrogens with two attached hydrogens (primary N) is 1. The standard InChI is InChI=1S/C20H24N2O3/c1-2-13(23)18-19-8-15-20(19,24)14(22(15)9-10-3-4-10)7-11-5-6-12(21)17(25-18)16(11)19/h5-6,10,14-15,18,24H,2-4,7-9,21H2,1H3/t14?,15-,18-,19-,20-/m0/s1. The van der Waals surface area contributed by atoms with E-state index in [1.165, 1.54) is 18.4 Å². The normalized spacial score (nSPS) is 42.7. The first kappa shape index (κ1) is 14.6. The number of ketones is 1. The monoisotopic (exact) mass is 340 g/mol. The molecule has 0 amide bonds. The van der Waals surface area contributed by atoms with Crippen LogP contribution < -0.4 is 10.5 Å². The number of rotatable bonds is 4. The fraction of sp³-hybridized carbons (Fsp3) is 0.650. The SMILES string of the molecule is CCC(=O)[C@@H]1Oc2c(N)ccc3c2[C@@]12C[C@@H]1N(CC4CC4)C(C3)[C@]12O. The van der Waals surface area contributed by atoms with Crippen LogP contribution in [0.3, 0.4) is 0 Å². The Morgan fingerprint density at radius 1 is 1.40 bits per heavy atom. The first-order chi connectivity index (χ1) is 12.0. The van der Waals surface area contributed by atoms with Crippen LogP contribution in [0.15, 0.2) is 12.1 Å². The van der Waals surface area contributed by atoms with Gasteiger partial charge in [0.05, 0.1) is 11.1 Å². The molecule has 0 bridgehead atoms. The molecule has 5 nitrogen and oxygen atoms in total. The van der Waals surface area contributed by atoms with Crippen LogP contribution >= 0.6 is 0 Å². The molecule has 2 saturated carbocycles. The van der Waals surface area contributed by atoms with Crippen molar-refractivity contribution in [3.8, 4) is 5.75 Å². The molecule has 132 valence electrons. The van der Waals surface area contributed by atoms with E-state index in [9.17, 15) is 9.90 Å². The van der Waals surface area contributed by atoms with Crippen LogP contribution in [-0.4, -0.2) is 46.1 Å². The molecule has 0 radical (unpaired) electrons. The minimum Gasteiger partial charge on any atom is -0.479 e. The van der Waals surface area contributed by atoms with E-state index in [1.54, 1.807) is 0 Å². The van der Waals surface area contributed by atoms with Gasteiger partial charge in [0, 0.05) is 30.6 Å². The van der Waals surface area contributed by atoms with Gasteiger partial charge in [-0.2, -0.15) is 0 Å². The van der Waals surface area contributed by atoms with E-state index >= 15 is 0 Å². The summed E-state index contributed by atoms with van der Waals surface area (Å²) in [7, 11) is 0. The number of aliphatic hydroxyl groups is 1. The van der Waals surface area contributed by atoms with Gasteiger partial charge in [-0.3, -0.25) is 9.69 Å². The summed E-state index contributed by atoms with van der Waals surface area (Å²) < 4.78 is 6.15. The number of anilines is 1. The van der Waals surface area contributed by atoms with Crippen molar-refractivity contribution in [1.29, 1.82) is 0 Å². The summed E-state index contributed by atoms with van der Waals surface area (Å²) in [6.07, 6.45) is 4.12. The minimum atomic E-state index is -0.830. The second-order valence-electron chi connectivity index (χ2n) is 8.71. The van der Waals surface area contributed by atoms with E-state index in [-0.39, 0.29) is 17.9 Å². The molecule has 3 fully saturated rings. The highest BCUT2D eigenvalue weighted by Crippen LogP contribution is 2.72. The molecule has 1 unspecified atom stereocenters. The molecule has 1 aromatic carbocycles. The Hall–Kier alpha value is -1.59. The first-order valence-electron chi connectivity index (χ1n) is 9.61. The van der Waals surface area contributed by atoms with Crippen molar-refractivity contribution in [1.82, 2.24) is 4.90 Å². The Labute approximate surface area is 147 Å². The Balaban J connectivity index is 1.51. The summed E-state index contributed by atoms with van der Waals surface area (Å²) in [5, 5.41) is 11.8. The van der Waals surface area contributed by atoms with Crippen molar-refractivity contribution in [2.24, 2.45) is 5.92 Å². The molecule has 1 aromatic rings.